The molecule has 0 bridgehead atoms. The second kappa shape index (κ2) is 7.54. The van der Waals surface area contributed by atoms with E-state index < -0.39 is 0 Å². The Morgan fingerprint density at radius 2 is 2.39 bits per heavy atom. The average Bonchev–Trinajstić information content (AvgIpc) is 2.77. The number of aromatic nitrogens is 3. The molecule has 0 spiro atoms. The summed E-state index contributed by atoms with van der Waals surface area (Å²) in [6.45, 7) is 0. The number of rotatable bonds is 3. The van der Waals surface area contributed by atoms with E-state index in [0.717, 1.165) is 0 Å². The van der Waals surface area contributed by atoms with Crippen LogP contribution in [0.3, 0.4) is 0 Å². The fraction of sp³-hybridized carbons (Fsp3) is 0.0909. The number of nitrogens with zero attached hydrogens (tertiary/aromatic N) is 4. The van der Waals surface area contributed by atoms with E-state index in [0.29, 0.717) is 11.4 Å². The second-order valence-corrected chi connectivity index (χ2v) is 3.18. The Morgan fingerprint density at radius 3 is 3.00 bits per heavy atom. The molecule has 18 heavy (non-hydrogen) atoms. The van der Waals surface area contributed by atoms with Crippen molar-refractivity contribution in [3.63, 3.8) is 0 Å². The van der Waals surface area contributed by atoms with Gasteiger partial charge in [-0.15, -0.1) is 0 Å². The van der Waals surface area contributed by atoms with Crippen LogP contribution in [0.15, 0.2) is 35.7 Å². The van der Waals surface area contributed by atoms with Gasteiger partial charge in [-0.3, -0.25) is 10.7 Å². The normalized spacial score (nSPS) is 10.1. The van der Waals surface area contributed by atoms with Crippen molar-refractivity contribution in [2.45, 2.75) is 0 Å². The molecular weight excluding hydrogens is 257 g/mol. The first-order chi connectivity index (χ1) is 8.25. The molecule has 0 saturated heterocycles. The zero-order chi connectivity index (χ0) is 12.1. The van der Waals surface area contributed by atoms with Crippen LogP contribution in [0.4, 0.5) is 5.69 Å². The van der Waals surface area contributed by atoms with Gasteiger partial charge in [0.05, 0.1) is 5.69 Å². The van der Waals surface area contributed by atoms with Gasteiger partial charge in [0.15, 0.2) is 5.91 Å². The quantitative estimate of drug-likeness (QED) is 0.221. The summed E-state index contributed by atoms with van der Waals surface area (Å²) in [5.74, 6) is -0.358. The maximum absolute atomic E-state index is 11.5. The molecule has 2 aromatic rings. The van der Waals surface area contributed by atoms with E-state index in [2.05, 4.69) is 32.8 Å². The van der Waals surface area contributed by atoms with Crippen molar-refractivity contribution in [2.24, 2.45) is 12.0 Å². The third kappa shape index (κ3) is 4.43. The van der Waals surface area contributed by atoms with Gasteiger partial charge in [0.1, 0.15) is 0 Å². The number of amides is 1. The average molecular weight is 266 g/mol. The Bertz CT molecular complexity index is 537. The fourth-order valence-corrected chi connectivity index (χ4v) is 1.12. The van der Waals surface area contributed by atoms with E-state index in [9.17, 15) is 4.79 Å². The SMILES string of the molecule is Cn1ccc(C(=O)N[C-]=Nc2[c-]cncc2)n1.[K+]. The van der Waals surface area contributed by atoms with Crippen molar-refractivity contribution in [1.82, 2.24) is 20.1 Å². The summed E-state index contributed by atoms with van der Waals surface area (Å²) in [7, 11) is 1.74. The summed E-state index contributed by atoms with van der Waals surface area (Å²) in [5, 5.41) is 6.33. The van der Waals surface area contributed by atoms with E-state index in [1.54, 1.807) is 36.3 Å². The van der Waals surface area contributed by atoms with E-state index >= 15 is 0 Å². The van der Waals surface area contributed by atoms with Crippen molar-refractivity contribution < 1.29 is 56.2 Å². The molecule has 6 nitrogen and oxygen atoms in total. The Hall–Kier alpha value is -0.864. The number of nitrogens with one attached hydrogen (secondary N) is 1. The van der Waals surface area contributed by atoms with E-state index in [1.807, 2.05) is 0 Å². The second-order valence-electron chi connectivity index (χ2n) is 3.18. The standard InChI is InChI=1S/C11H9N5O.K/c1-16-7-4-10(15-16)11(17)14-8-13-9-2-5-12-6-3-9;/h2,4-7H,1H3,(H,12,13,14,17);/q-2;+1. The van der Waals surface area contributed by atoms with Crippen LogP contribution in [0.1, 0.15) is 10.5 Å². The first-order valence-corrected chi connectivity index (χ1v) is 4.83. The smallest absolute Gasteiger partial charge is 0.418 e. The molecule has 2 aromatic heterocycles. The van der Waals surface area contributed by atoms with Crippen molar-refractivity contribution >= 4 is 17.9 Å². The molecule has 0 aliphatic rings. The molecule has 0 radical (unpaired) electrons. The summed E-state index contributed by atoms with van der Waals surface area (Å²) in [6.07, 6.45) is 7.18. The molecule has 0 unspecified atom stereocenters. The topological polar surface area (TPSA) is 72.2 Å². The zero-order valence-electron chi connectivity index (χ0n) is 10.1. The van der Waals surface area contributed by atoms with E-state index in [1.165, 1.54) is 6.20 Å². The summed E-state index contributed by atoms with van der Waals surface area (Å²) >= 11 is 0. The minimum Gasteiger partial charge on any atom is -0.418 e. The van der Waals surface area contributed by atoms with Crippen molar-refractivity contribution in [3.8, 4) is 0 Å². The number of hydrogen-bond donors (Lipinski definition) is 1. The van der Waals surface area contributed by atoms with E-state index in [4.69, 9.17) is 0 Å². The number of aliphatic imine (C=N–C) groups is 1. The van der Waals surface area contributed by atoms with Gasteiger partial charge in [-0.25, -0.2) is 11.8 Å². The minimum atomic E-state index is -0.358. The Kier molecular flexibility index (Phi) is 6.37. The fourth-order valence-electron chi connectivity index (χ4n) is 1.12. The van der Waals surface area contributed by atoms with Gasteiger partial charge in [-0.1, -0.05) is 12.4 Å². The molecule has 1 amide bonds. The number of hydrogen-bond acceptors (Lipinski definition) is 4. The van der Waals surface area contributed by atoms with Gasteiger partial charge in [0.25, 0.3) is 0 Å². The maximum atomic E-state index is 11.5. The number of pyridine rings is 1. The third-order valence-corrected chi connectivity index (χ3v) is 1.90. The molecule has 86 valence electrons. The summed E-state index contributed by atoms with van der Waals surface area (Å²) in [5.41, 5.74) is 0.857. The van der Waals surface area contributed by atoms with E-state index in [-0.39, 0.29) is 57.3 Å². The molecule has 2 heterocycles. The first kappa shape index (κ1) is 15.2. The Balaban J connectivity index is 0.00000162. The van der Waals surface area contributed by atoms with Crippen LogP contribution in [0.25, 0.3) is 0 Å². The minimum absolute atomic E-state index is 0. The number of carbonyl (C=O) groups is 1. The van der Waals surface area contributed by atoms with Crippen LogP contribution >= 0.6 is 0 Å². The largest absolute Gasteiger partial charge is 1.00 e. The molecule has 2 rings (SSSR count). The molecule has 0 aromatic carbocycles. The first-order valence-electron chi connectivity index (χ1n) is 4.83. The summed E-state index contributed by atoms with van der Waals surface area (Å²) in [6, 6.07) is 6.03. The molecule has 1 N–H and O–H groups in total. The van der Waals surface area contributed by atoms with Gasteiger partial charge >= 0.3 is 51.4 Å². The molecular formula is C11H9KN5O-. The van der Waals surface area contributed by atoms with Crippen LogP contribution in [0.2, 0.25) is 0 Å². The predicted molar refractivity (Wildman–Crippen MR) is 60.8 cm³/mol. The van der Waals surface area contributed by atoms with Crippen molar-refractivity contribution in [2.75, 3.05) is 0 Å². The van der Waals surface area contributed by atoms with Crippen LogP contribution in [-0.2, 0) is 7.05 Å². The van der Waals surface area contributed by atoms with Gasteiger partial charge < -0.3 is 20.1 Å². The van der Waals surface area contributed by atoms with Crippen LogP contribution in [0, 0.1) is 6.07 Å². The molecule has 0 aliphatic carbocycles. The van der Waals surface area contributed by atoms with Gasteiger partial charge in [-0.05, 0) is 12.4 Å². The zero-order valence-corrected chi connectivity index (χ0v) is 13.2. The van der Waals surface area contributed by atoms with Crippen LogP contribution in [0.5, 0.6) is 0 Å². The molecule has 0 saturated carbocycles. The van der Waals surface area contributed by atoms with Gasteiger partial charge in [-0.2, -0.15) is 5.10 Å². The molecule has 0 aliphatic heterocycles. The van der Waals surface area contributed by atoms with Crippen LogP contribution < -0.4 is 56.7 Å². The summed E-state index contributed by atoms with van der Waals surface area (Å²) < 4.78 is 1.54. The monoisotopic (exact) mass is 266 g/mol. The predicted octanol–water partition coefficient (Wildman–Crippen LogP) is -2.41. The molecule has 7 heteroatoms. The third-order valence-electron chi connectivity index (χ3n) is 1.90. The van der Waals surface area contributed by atoms with Crippen molar-refractivity contribution in [3.05, 3.63) is 42.5 Å². The summed E-state index contributed by atoms with van der Waals surface area (Å²) in [4.78, 5) is 19.2. The number of carbonyl (C=O) groups excluding carboxylic acids is 1. The Morgan fingerprint density at radius 1 is 1.56 bits per heavy atom. The molecule has 0 atom stereocenters. The van der Waals surface area contributed by atoms with Crippen LogP contribution in [-0.4, -0.2) is 27.0 Å². The maximum Gasteiger partial charge on any atom is 1.00 e. The molecule has 0 fully saturated rings. The van der Waals surface area contributed by atoms with Gasteiger partial charge in [0.2, 0.25) is 0 Å². The van der Waals surface area contributed by atoms with Gasteiger partial charge in [0, 0.05) is 13.2 Å². The Labute approximate surface area is 147 Å². The number of aryl methyl sites for hydroxylation is 1. The van der Waals surface area contributed by atoms with Crippen molar-refractivity contribution in [1.29, 1.82) is 0 Å².